The van der Waals surface area contributed by atoms with Crippen LogP contribution in [0.5, 0.6) is 11.5 Å². The van der Waals surface area contributed by atoms with Gasteiger partial charge < -0.3 is 19.7 Å². The van der Waals surface area contributed by atoms with E-state index in [9.17, 15) is 4.79 Å². The smallest absolute Gasteiger partial charge is 0.255 e. The quantitative estimate of drug-likeness (QED) is 0.915. The Hall–Kier alpha value is -2.83. The third-order valence-electron chi connectivity index (χ3n) is 4.44. The number of piperidine rings is 1. The van der Waals surface area contributed by atoms with E-state index < -0.39 is 0 Å². The van der Waals surface area contributed by atoms with Crippen molar-refractivity contribution in [2.75, 3.05) is 31.2 Å². The number of hydrogen-bond acceptors (Lipinski definition) is 6. The number of nitrogens with zero attached hydrogens (tertiary/aromatic N) is 3. The van der Waals surface area contributed by atoms with Gasteiger partial charge in [0.15, 0.2) is 11.5 Å². The van der Waals surface area contributed by atoms with Gasteiger partial charge in [-0.15, -0.1) is 0 Å². The molecule has 0 spiro atoms. The highest BCUT2D eigenvalue weighted by molar-refractivity contribution is 5.98. The Morgan fingerprint density at radius 3 is 3.04 bits per heavy atom. The van der Waals surface area contributed by atoms with E-state index in [0.717, 1.165) is 31.7 Å². The molecule has 1 N–H and O–H groups in total. The molecule has 1 aromatic carbocycles. The largest absolute Gasteiger partial charge is 0.486 e. The van der Waals surface area contributed by atoms with Gasteiger partial charge in [0.05, 0.1) is 11.8 Å². The van der Waals surface area contributed by atoms with Crippen molar-refractivity contribution in [3.63, 3.8) is 0 Å². The maximum atomic E-state index is 12.7. The fourth-order valence-electron chi connectivity index (χ4n) is 3.27. The summed E-state index contributed by atoms with van der Waals surface area (Å²) < 4.78 is 11.2. The van der Waals surface area contributed by atoms with Gasteiger partial charge in [-0.2, -0.15) is 0 Å². The van der Waals surface area contributed by atoms with Crippen LogP contribution in [-0.4, -0.2) is 48.2 Å². The monoisotopic (exact) mass is 340 g/mol. The molecule has 1 saturated heterocycles. The molecule has 7 nitrogen and oxygen atoms in total. The van der Waals surface area contributed by atoms with E-state index in [0.29, 0.717) is 30.3 Å². The molecule has 130 valence electrons. The van der Waals surface area contributed by atoms with Crippen molar-refractivity contribution in [2.45, 2.75) is 18.9 Å². The molecule has 2 aliphatic heterocycles. The molecule has 0 saturated carbocycles. The minimum atomic E-state index is -0.131. The molecule has 2 aliphatic rings. The lowest BCUT2D eigenvalue weighted by Gasteiger charge is -2.33. The minimum absolute atomic E-state index is 0.0589. The Labute approximate surface area is 146 Å². The highest BCUT2D eigenvalue weighted by atomic mass is 16.6. The van der Waals surface area contributed by atoms with Crippen LogP contribution >= 0.6 is 0 Å². The summed E-state index contributed by atoms with van der Waals surface area (Å²) in [6.45, 7) is 2.61. The van der Waals surface area contributed by atoms with E-state index in [4.69, 9.17) is 9.47 Å². The molecule has 0 bridgehead atoms. The van der Waals surface area contributed by atoms with Crippen LogP contribution in [0.2, 0.25) is 0 Å². The third-order valence-corrected chi connectivity index (χ3v) is 4.44. The third kappa shape index (κ3) is 3.35. The maximum Gasteiger partial charge on any atom is 0.255 e. The first-order valence-corrected chi connectivity index (χ1v) is 8.52. The van der Waals surface area contributed by atoms with Gasteiger partial charge in [-0.05, 0) is 25.0 Å². The number of anilines is 1. The number of aromatic nitrogens is 2. The summed E-state index contributed by atoms with van der Waals surface area (Å²) in [6.07, 6.45) is 7.03. The van der Waals surface area contributed by atoms with Crippen LogP contribution in [0.4, 0.5) is 5.82 Å². The van der Waals surface area contributed by atoms with Crippen LogP contribution in [0.15, 0.2) is 36.8 Å². The average molecular weight is 340 g/mol. The molecule has 7 heteroatoms. The van der Waals surface area contributed by atoms with Crippen molar-refractivity contribution in [2.24, 2.45) is 0 Å². The van der Waals surface area contributed by atoms with Crippen molar-refractivity contribution < 1.29 is 14.3 Å². The number of nitrogens with one attached hydrogen (secondary N) is 1. The molecule has 1 aromatic heterocycles. The van der Waals surface area contributed by atoms with Crippen LogP contribution in [-0.2, 0) is 0 Å². The van der Waals surface area contributed by atoms with Gasteiger partial charge in [-0.3, -0.25) is 9.78 Å². The summed E-state index contributed by atoms with van der Waals surface area (Å²) in [6, 6.07) is 5.46. The van der Waals surface area contributed by atoms with E-state index in [2.05, 4.69) is 20.2 Å². The molecule has 3 heterocycles. The topological polar surface area (TPSA) is 76.6 Å². The Kier molecular flexibility index (Phi) is 4.37. The van der Waals surface area contributed by atoms with E-state index in [-0.39, 0.29) is 11.9 Å². The van der Waals surface area contributed by atoms with Crippen molar-refractivity contribution in [3.8, 4) is 11.5 Å². The molecule has 2 aromatic rings. The number of hydrogen-bond donors (Lipinski definition) is 1. The lowest BCUT2D eigenvalue weighted by atomic mass is 10.0. The van der Waals surface area contributed by atoms with Gasteiger partial charge in [0.1, 0.15) is 19.0 Å². The first kappa shape index (κ1) is 15.7. The normalized spacial score (nSPS) is 19.4. The molecule has 0 aliphatic carbocycles. The SMILES string of the molecule is O=C(NC1CCCN(c2cnccn2)C1)c1cccc2c1OCCO2. The molecular weight excluding hydrogens is 320 g/mol. The number of carbonyl (C=O) groups is 1. The summed E-state index contributed by atoms with van der Waals surface area (Å²) in [5.41, 5.74) is 0.522. The molecule has 1 unspecified atom stereocenters. The molecule has 25 heavy (non-hydrogen) atoms. The van der Waals surface area contributed by atoms with Gasteiger partial charge >= 0.3 is 0 Å². The second-order valence-electron chi connectivity index (χ2n) is 6.15. The fraction of sp³-hybridized carbons (Fsp3) is 0.389. The maximum absolute atomic E-state index is 12.7. The lowest BCUT2D eigenvalue weighted by Crippen LogP contribution is -2.48. The molecular formula is C18H20N4O3. The zero-order valence-electron chi connectivity index (χ0n) is 13.9. The number of ether oxygens (including phenoxy) is 2. The van der Waals surface area contributed by atoms with Gasteiger partial charge in [-0.1, -0.05) is 6.07 Å². The van der Waals surface area contributed by atoms with Gasteiger partial charge in [0, 0.05) is 31.5 Å². The summed E-state index contributed by atoms with van der Waals surface area (Å²) in [4.78, 5) is 23.4. The minimum Gasteiger partial charge on any atom is -0.486 e. The predicted molar refractivity (Wildman–Crippen MR) is 92.2 cm³/mol. The molecule has 4 rings (SSSR count). The van der Waals surface area contributed by atoms with E-state index in [1.165, 1.54) is 0 Å². The number of rotatable bonds is 3. The van der Waals surface area contributed by atoms with Crippen LogP contribution in [0, 0.1) is 0 Å². The van der Waals surface area contributed by atoms with Crippen LogP contribution < -0.4 is 19.7 Å². The highest BCUT2D eigenvalue weighted by Gasteiger charge is 2.25. The molecule has 1 atom stereocenters. The van der Waals surface area contributed by atoms with Gasteiger partial charge in [0.25, 0.3) is 5.91 Å². The molecule has 0 radical (unpaired) electrons. The highest BCUT2D eigenvalue weighted by Crippen LogP contribution is 2.33. The predicted octanol–water partition coefficient (Wildman–Crippen LogP) is 1.65. The van der Waals surface area contributed by atoms with E-state index >= 15 is 0 Å². The fourth-order valence-corrected chi connectivity index (χ4v) is 3.27. The number of carbonyl (C=O) groups excluding carboxylic acids is 1. The van der Waals surface area contributed by atoms with Crippen molar-refractivity contribution in [3.05, 3.63) is 42.4 Å². The summed E-state index contributed by atoms with van der Waals surface area (Å²) in [7, 11) is 0. The summed E-state index contributed by atoms with van der Waals surface area (Å²) >= 11 is 0. The second-order valence-corrected chi connectivity index (χ2v) is 6.15. The first-order chi connectivity index (χ1) is 12.3. The van der Waals surface area contributed by atoms with E-state index in [1.54, 1.807) is 24.7 Å². The Balaban J connectivity index is 1.46. The van der Waals surface area contributed by atoms with Gasteiger partial charge in [0.2, 0.25) is 0 Å². The number of amides is 1. The number of fused-ring (bicyclic) bond motifs is 1. The lowest BCUT2D eigenvalue weighted by molar-refractivity contribution is 0.0922. The van der Waals surface area contributed by atoms with Crippen LogP contribution in [0.3, 0.4) is 0 Å². The summed E-state index contributed by atoms with van der Waals surface area (Å²) in [5.74, 6) is 1.88. The Morgan fingerprint density at radius 1 is 1.24 bits per heavy atom. The Morgan fingerprint density at radius 2 is 2.16 bits per heavy atom. The van der Waals surface area contributed by atoms with Crippen LogP contribution in [0.25, 0.3) is 0 Å². The van der Waals surface area contributed by atoms with E-state index in [1.807, 2.05) is 12.1 Å². The second kappa shape index (κ2) is 6.96. The Bertz CT molecular complexity index is 753. The molecule has 1 amide bonds. The first-order valence-electron chi connectivity index (χ1n) is 8.52. The van der Waals surface area contributed by atoms with Gasteiger partial charge in [-0.25, -0.2) is 4.98 Å². The van der Waals surface area contributed by atoms with Crippen molar-refractivity contribution >= 4 is 11.7 Å². The zero-order chi connectivity index (χ0) is 17.1. The average Bonchev–Trinajstić information content (AvgIpc) is 2.68. The standard InChI is InChI=1S/C18H20N4O3/c23-18(14-4-1-5-15-17(14)25-10-9-24-15)21-13-3-2-8-22(12-13)16-11-19-6-7-20-16/h1,4-7,11,13H,2-3,8-10,12H2,(H,21,23). The van der Waals surface area contributed by atoms with Crippen LogP contribution in [0.1, 0.15) is 23.2 Å². The van der Waals surface area contributed by atoms with Crippen molar-refractivity contribution in [1.29, 1.82) is 0 Å². The number of benzene rings is 1. The summed E-state index contributed by atoms with van der Waals surface area (Å²) in [5, 5.41) is 3.12. The number of para-hydroxylation sites is 1. The molecule has 1 fully saturated rings. The van der Waals surface area contributed by atoms with Crippen molar-refractivity contribution in [1.82, 2.24) is 15.3 Å². The zero-order valence-corrected chi connectivity index (χ0v) is 13.9.